The molecule has 2 aliphatic heterocycles. The van der Waals surface area contributed by atoms with E-state index in [4.69, 9.17) is 4.74 Å². The van der Waals surface area contributed by atoms with Crippen molar-refractivity contribution in [3.63, 3.8) is 0 Å². The van der Waals surface area contributed by atoms with E-state index in [0.717, 1.165) is 17.7 Å². The normalized spacial score (nSPS) is 41.7. The van der Waals surface area contributed by atoms with Crippen molar-refractivity contribution in [2.75, 3.05) is 6.54 Å². The molecule has 3 N–H and O–H groups in total. The zero-order chi connectivity index (χ0) is 14.4. The average Bonchev–Trinajstić information content (AvgIpc) is 2.80. The maximum absolute atomic E-state index is 12.3. The summed E-state index contributed by atoms with van der Waals surface area (Å²) < 4.78 is 5.85. The lowest BCUT2D eigenvalue weighted by Crippen LogP contribution is -2.74. The van der Waals surface area contributed by atoms with Crippen LogP contribution < -0.4 is 10.1 Å². The van der Waals surface area contributed by atoms with E-state index >= 15 is 0 Å². The molecule has 1 fully saturated rings. The summed E-state index contributed by atoms with van der Waals surface area (Å²) >= 11 is 0. The van der Waals surface area contributed by atoms with Crippen molar-refractivity contribution in [2.45, 2.75) is 36.0 Å². The Morgan fingerprint density at radius 2 is 2.24 bits per heavy atom. The summed E-state index contributed by atoms with van der Waals surface area (Å²) in [6.45, 7) is 0.725. The fourth-order valence-electron chi connectivity index (χ4n) is 4.83. The fourth-order valence-corrected chi connectivity index (χ4v) is 4.83. The van der Waals surface area contributed by atoms with Crippen LogP contribution >= 0.6 is 0 Å². The minimum absolute atomic E-state index is 0.0460. The van der Waals surface area contributed by atoms with Crippen LogP contribution in [0.5, 0.6) is 11.5 Å². The van der Waals surface area contributed by atoms with Crippen molar-refractivity contribution in [3.8, 4) is 11.5 Å². The van der Waals surface area contributed by atoms with Gasteiger partial charge in [0.2, 0.25) is 0 Å². The number of ketones is 1. The second kappa shape index (κ2) is 3.31. The smallest absolute Gasteiger partial charge is 0.196 e. The molecule has 4 atom stereocenters. The number of carbonyl (C=O) groups excluding carboxylic acids is 1. The van der Waals surface area contributed by atoms with E-state index in [2.05, 4.69) is 5.32 Å². The van der Waals surface area contributed by atoms with Crippen molar-refractivity contribution in [2.24, 2.45) is 0 Å². The van der Waals surface area contributed by atoms with Gasteiger partial charge in [0.1, 0.15) is 5.60 Å². The van der Waals surface area contributed by atoms with Gasteiger partial charge >= 0.3 is 0 Å². The lowest BCUT2D eigenvalue weighted by atomic mass is 9.51. The van der Waals surface area contributed by atoms with E-state index in [1.54, 1.807) is 12.1 Å². The molecule has 1 saturated heterocycles. The third-order valence-electron chi connectivity index (χ3n) is 5.69. The summed E-state index contributed by atoms with van der Waals surface area (Å²) in [5.41, 5.74) is -0.0209. The number of piperidine rings is 1. The number of hydrogen-bond donors (Lipinski definition) is 3. The number of benzene rings is 1. The second-order valence-corrected chi connectivity index (χ2v) is 6.44. The molecule has 2 bridgehead atoms. The molecule has 21 heavy (non-hydrogen) atoms. The van der Waals surface area contributed by atoms with Crippen LogP contribution in [0, 0.1) is 0 Å². The van der Waals surface area contributed by atoms with Gasteiger partial charge in [0.15, 0.2) is 23.4 Å². The molecule has 5 heteroatoms. The van der Waals surface area contributed by atoms with Gasteiger partial charge in [-0.15, -0.1) is 0 Å². The van der Waals surface area contributed by atoms with Crippen LogP contribution in [0.3, 0.4) is 0 Å². The Bertz CT molecular complexity index is 727. The predicted molar refractivity (Wildman–Crippen MR) is 73.4 cm³/mol. The SMILES string of the molecule is O=C1C=C[C@@]2(O)C3Cc4ccc(O)c5c4C2(CCN3)[C@H]1O5. The molecule has 2 aliphatic carbocycles. The molecule has 2 heterocycles. The molecule has 0 saturated carbocycles. The zero-order valence-electron chi connectivity index (χ0n) is 11.3. The lowest BCUT2D eigenvalue weighted by molar-refractivity contribution is -0.139. The van der Waals surface area contributed by atoms with Crippen LogP contribution in [0.25, 0.3) is 0 Å². The van der Waals surface area contributed by atoms with Crippen molar-refractivity contribution >= 4 is 5.78 Å². The van der Waals surface area contributed by atoms with Gasteiger partial charge in [-0.3, -0.25) is 4.79 Å². The molecule has 108 valence electrons. The predicted octanol–water partition coefficient (Wildman–Crippen LogP) is 0.179. The maximum atomic E-state index is 12.3. The third-order valence-corrected chi connectivity index (χ3v) is 5.69. The Morgan fingerprint density at radius 3 is 3.10 bits per heavy atom. The first-order chi connectivity index (χ1) is 10.1. The van der Waals surface area contributed by atoms with E-state index in [9.17, 15) is 15.0 Å². The minimum Gasteiger partial charge on any atom is -0.504 e. The molecule has 4 aliphatic rings. The molecule has 5 nitrogen and oxygen atoms in total. The summed E-state index contributed by atoms with van der Waals surface area (Å²) in [6, 6.07) is 3.36. The molecule has 0 amide bonds. The van der Waals surface area contributed by atoms with Crippen LogP contribution in [0.15, 0.2) is 24.3 Å². The topological polar surface area (TPSA) is 78.8 Å². The standard InChI is InChI=1S/C16H15NO4/c18-9-2-1-8-7-11-16(20)4-3-10(19)14-15(16,5-6-17-11)12(8)13(9)21-14/h1-4,11,14,17-18,20H,5-7H2/t11?,14-,15?,16+/m0/s1. The summed E-state index contributed by atoms with van der Waals surface area (Å²) in [5, 5.41) is 24.8. The molecule has 2 unspecified atom stereocenters. The zero-order valence-corrected chi connectivity index (χ0v) is 11.3. The van der Waals surface area contributed by atoms with Gasteiger partial charge in [-0.2, -0.15) is 0 Å². The number of aliphatic hydroxyl groups is 1. The number of hydrogen-bond acceptors (Lipinski definition) is 5. The Hall–Kier alpha value is -1.85. The van der Waals surface area contributed by atoms with Gasteiger partial charge in [-0.25, -0.2) is 0 Å². The monoisotopic (exact) mass is 285 g/mol. The van der Waals surface area contributed by atoms with Gasteiger partial charge in [-0.1, -0.05) is 6.07 Å². The molecule has 1 aromatic carbocycles. The molecule has 1 spiro atoms. The summed E-state index contributed by atoms with van der Waals surface area (Å²) in [4.78, 5) is 12.3. The summed E-state index contributed by atoms with van der Waals surface area (Å²) in [5.74, 6) is 0.293. The highest BCUT2D eigenvalue weighted by molar-refractivity contribution is 5.99. The van der Waals surface area contributed by atoms with Crippen molar-refractivity contribution in [1.82, 2.24) is 5.32 Å². The third kappa shape index (κ3) is 1.05. The Morgan fingerprint density at radius 1 is 1.38 bits per heavy atom. The van der Waals surface area contributed by atoms with E-state index in [0.29, 0.717) is 18.6 Å². The second-order valence-electron chi connectivity index (χ2n) is 6.44. The largest absolute Gasteiger partial charge is 0.504 e. The number of ether oxygens (including phenoxy) is 1. The summed E-state index contributed by atoms with van der Waals surface area (Å²) in [6.07, 6.45) is 3.60. The van der Waals surface area contributed by atoms with E-state index in [-0.39, 0.29) is 17.6 Å². The first kappa shape index (κ1) is 11.8. The maximum Gasteiger partial charge on any atom is 0.196 e. The number of nitrogens with one attached hydrogen (secondary N) is 1. The van der Waals surface area contributed by atoms with Crippen LogP contribution in [-0.2, 0) is 16.6 Å². The highest BCUT2D eigenvalue weighted by atomic mass is 16.5. The van der Waals surface area contributed by atoms with E-state index in [1.165, 1.54) is 6.08 Å². The number of rotatable bonds is 0. The van der Waals surface area contributed by atoms with E-state index in [1.807, 2.05) is 6.07 Å². The van der Waals surface area contributed by atoms with Crippen LogP contribution in [0.2, 0.25) is 0 Å². The molecule has 0 radical (unpaired) electrons. The lowest BCUT2D eigenvalue weighted by Gasteiger charge is -2.57. The van der Waals surface area contributed by atoms with E-state index < -0.39 is 17.1 Å². The minimum atomic E-state index is -1.14. The van der Waals surface area contributed by atoms with Gasteiger partial charge < -0.3 is 20.3 Å². The van der Waals surface area contributed by atoms with Gasteiger partial charge in [0.05, 0.1) is 5.41 Å². The first-order valence-electron chi connectivity index (χ1n) is 7.29. The van der Waals surface area contributed by atoms with Gasteiger partial charge in [0, 0.05) is 11.6 Å². The van der Waals surface area contributed by atoms with Crippen LogP contribution in [0.1, 0.15) is 17.5 Å². The van der Waals surface area contributed by atoms with Gasteiger partial charge in [0.25, 0.3) is 0 Å². The molecular formula is C16H15NO4. The van der Waals surface area contributed by atoms with Crippen molar-refractivity contribution in [3.05, 3.63) is 35.4 Å². The van der Waals surface area contributed by atoms with Crippen LogP contribution in [-0.4, -0.2) is 40.3 Å². The molecular weight excluding hydrogens is 270 g/mol. The van der Waals surface area contributed by atoms with Crippen molar-refractivity contribution < 1.29 is 19.7 Å². The molecule has 0 aromatic heterocycles. The highest BCUT2D eigenvalue weighted by Gasteiger charge is 2.70. The number of aromatic hydroxyl groups is 1. The quantitative estimate of drug-likeness (QED) is 0.634. The Kier molecular flexibility index (Phi) is 1.86. The molecule has 1 aromatic rings. The first-order valence-corrected chi connectivity index (χ1v) is 7.29. The van der Waals surface area contributed by atoms with Gasteiger partial charge in [-0.05, 0) is 43.2 Å². The fraction of sp³-hybridized carbons (Fsp3) is 0.438. The average molecular weight is 285 g/mol. The number of phenolic OH excluding ortho intramolecular Hbond substituents is 1. The van der Waals surface area contributed by atoms with Crippen LogP contribution in [0.4, 0.5) is 0 Å². The van der Waals surface area contributed by atoms with Crippen molar-refractivity contribution in [1.29, 1.82) is 0 Å². The Labute approximate surface area is 121 Å². The summed E-state index contributed by atoms with van der Waals surface area (Å²) in [7, 11) is 0. The highest BCUT2D eigenvalue weighted by Crippen LogP contribution is 2.62. The Balaban J connectivity index is 1.93. The number of phenols is 1. The molecule has 5 rings (SSSR count). The number of carbonyl (C=O) groups is 1.